The number of amides is 2. The van der Waals surface area contributed by atoms with E-state index in [1.807, 2.05) is 0 Å². The second-order valence-corrected chi connectivity index (χ2v) is 9.89. The molecule has 0 bridgehead atoms. The first-order valence-corrected chi connectivity index (χ1v) is 11.7. The van der Waals surface area contributed by atoms with Gasteiger partial charge in [-0.15, -0.1) is 4.40 Å². The summed E-state index contributed by atoms with van der Waals surface area (Å²) in [4.78, 5) is 28.8. The van der Waals surface area contributed by atoms with Crippen molar-refractivity contribution < 1.29 is 22.7 Å². The molecule has 1 saturated carbocycles. The van der Waals surface area contributed by atoms with E-state index < -0.39 is 15.7 Å². The zero-order valence-electron chi connectivity index (χ0n) is 18.1. The van der Waals surface area contributed by atoms with Crippen molar-refractivity contribution in [2.45, 2.75) is 32.2 Å². The number of fused-ring (bicyclic) bond motifs is 1. The third-order valence-corrected chi connectivity index (χ3v) is 5.92. The van der Waals surface area contributed by atoms with Crippen LogP contribution in [0, 0.1) is 5.92 Å². The van der Waals surface area contributed by atoms with Crippen LogP contribution in [0.15, 0.2) is 40.9 Å². The molecular formula is C21H24N6O5S. The normalized spacial score (nSPS) is 16.6. The van der Waals surface area contributed by atoms with Gasteiger partial charge in [0.2, 0.25) is 5.91 Å². The monoisotopic (exact) mass is 472 g/mol. The lowest BCUT2D eigenvalue weighted by atomic mass is 10.1. The molecule has 2 heterocycles. The minimum absolute atomic E-state index is 0.0264. The van der Waals surface area contributed by atoms with Gasteiger partial charge in [-0.05, 0) is 51.0 Å². The number of ether oxygens (including phenoxy) is 1. The number of pyridine rings is 1. The molecule has 1 aliphatic heterocycles. The number of aromatic nitrogens is 1. The summed E-state index contributed by atoms with van der Waals surface area (Å²) >= 11 is 0. The van der Waals surface area contributed by atoms with E-state index in [1.54, 1.807) is 38.1 Å². The fourth-order valence-corrected chi connectivity index (χ4v) is 4.07. The van der Waals surface area contributed by atoms with Crippen molar-refractivity contribution in [3.63, 3.8) is 0 Å². The first kappa shape index (κ1) is 22.5. The van der Waals surface area contributed by atoms with Crippen LogP contribution in [-0.2, 0) is 15.0 Å². The van der Waals surface area contributed by atoms with Crippen molar-refractivity contribution in [1.29, 1.82) is 0 Å². The van der Waals surface area contributed by atoms with E-state index >= 15 is 0 Å². The second kappa shape index (κ2) is 8.35. The highest BCUT2D eigenvalue weighted by Gasteiger charge is 2.30. The highest BCUT2D eigenvalue weighted by Crippen LogP contribution is 2.31. The van der Waals surface area contributed by atoms with Crippen LogP contribution in [0.2, 0.25) is 0 Å². The fraction of sp³-hybridized carbons (Fsp3) is 0.333. The predicted molar refractivity (Wildman–Crippen MR) is 122 cm³/mol. The SMILES string of the molecule is CC(C)(COc1cccc2c1C(N)=NS(=O)(=O)N2)NC(=O)c1ccnc(NC(=O)C2CC2)c1. The number of hydrogen-bond acceptors (Lipinski definition) is 7. The highest BCUT2D eigenvalue weighted by molar-refractivity contribution is 7.91. The second-order valence-electron chi connectivity index (χ2n) is 8.55. The maximum atomic E-state index is 12.8. The Morgan fingerprint density at radius 3 is 2.76 bits per heavy atom. The highest BCUT2D eigenvalue weighted by atomic mass is 32.2. The lowest BCUT2D eigenvalue weighted by Crippen LogP contribution is -2.48. The van der Waals surface area contributed by atoms with Crippen LogP contribution in [0.5, 0.6) is 5.75 Å². The van der Waals surface area contributed by atoms with E-state index in [0.717, 1.165) is 12.8 Å². The molecule has 1 aromatic heterocycles. The Hall–Kier alpha value is -3.67. The molecule has 174 valence electrons. The number of carbonyl (C=O) groups excluding carboxylic acids is 2. The zero-order chi connectivity index (χ0) is 23.8. The summed E-state index contributed by atoms with van der Waals surface area (Å²) in [5, 5.41) is 5.61. The molecule has 1 aromatic carbocycles. The maximum Gasteiger partial charge on any atom is 0.344 e. The Morgan fingerprint density at radius 1 is 1.27 bits per heavy atom. The quantitative estimate of drug-likeness (QED) is 0.473. The van der Waals surface area contributed by atoms with Crippen LogP contribution in [0.1, 0.15) is 42.6 Å². The molecule has 33 heavy (non-hydrogen) atoms. The first-order chi connectivity index (χ1) is 15.5. The van der Waals surface area contributed by atoms with Gasteiger partial charge < -0.3 is 21.1 Å². The van der Waals surface area contributed by atoms with Gasteiger partial charge >= 0.3 is 10.2 Å². The number of anilines is 2. The molecule has 0 unspecified atom stereocenters. The Bertz CT molecular complexity index is 1250. The number of amidine groups is 1. The van der Waals surface area contributed by atoms with Gasteiger partial charge in [-0.25, -0.2) is 4.98 Å². The molecule has 2 aromatic rings. The van der Waals surface area contributed by atoms with E-state index in [4.69, 9.17) is 10.5 Å². The minimum atomic E-state index is -3.90. The Morgan fingerprint density at radius 2 is 2.03 bits per heavy atom. The molecule has 12 heteroatoms. The van der Waals surface area contributed by atoms with Crippen LogP contribution < -0.4 is 25.8 Å². The van der Waals surface area contributed by atoms with Crippen LogP contribution in [0.3, 0.4) is 0 Å². The zero-order valence-corrected chi connectivity index (χ0v) is 18.9. The average Bonchev–Trinajstić information content (AvgIpc) is 3.56. The van der Waals surface area contributed by atoms with E-state index in [0.29, 0.717) is 22.7 Å². The molecular weight excluding hydrogens is 448 g/mol. The van der Waals surface area contributed by atoms with Gasteiger partial charge in [0.25, 0.3) is 5.91 Å². The van der Waals surface area contributed by atoms with Crippen molar-refractivity contribution in [2.24, 2.45) is 16.0 Å². The molecule has 5 N–H and O–H groups in total. The van der Waals surface area contributed by atoms with Crippen molar-refractivity contribution in [3.05, 3.63) is 47.7 Å². The van der Waals surface area contributed by atoms with Crippen molar-refractivity contribution in [1.82, 2.24) is 10.3 Å². The van der Waals surface area contributed by atoms with Crippen molar-refractivity contribution in [3.8, 4) is 5.75 Å². The van der Waals surface area contributed by atoms with E-state index in [9.17, 15) is 18.0 Å². The van der Waals surface area contributed by atoms with E-state index in [-0.39, 0.29) is 35.9 Å². The van der Waals surface area contributed by atoms with Gasteiger partial charge in [0.15, 0.2) is 5.84 Å². The molecule has 11 nitrogen and oxygen atoms in total. The lowest BCUT2D eigenvalue weighted by Gasteiger charge is -2.27. The number of hydrogen-bond donors (Lipinski definition) is 4. The molecule has 1 aliphatic carbocycles. The number of nitrogens with zero attached hydrogens (tertiary/aromatic N) is 2. The van der Waals surface area contributed by atoms with Gasteiger partial charge in [0.05, 0.1) is 16.8 Å². The number of nitrogens with two attached hydrogens (primary N) is 1. The smallest absolute Gasteiger partial charge is 0.344 e. The topological polar surface area (TPSA) is 165 Å². The summed E-state index contributed by atoms with van der Waals surface area (Å²) in [6.07, 6.45) is 3.20. The Kier molecular flexibility index (Phi) is 5.70. The van der Waals surface area contributed by atoms with Crippen LogP contribution in [0.25, 0.3) is 0 Å². The molecule has 2 amide bonds. The summed E-state index contributed by atoms with van der Waals surface area (Å²) in [5.41, 5.74) is 5.97. The summed E-state index contributed by atoms with van der Waals surface area (Å²) < 4.78 is 35.1. The minimum Gasteiger partial charge on any atom is -0.490 e. The number of carbonyl (C=O) groups is 2. The largest absolute Gasteiger partial charge is 0.490 e. The van der Waals surface area contributed by atoms with Crippen molar-refractivity contribution >= 4 is 39.4 Å². The van der Waals surface area contributed by atoms with Gasteiger partial charge in [-0.2, -0.15) is 8.42 Å². The number of rotatable bonds is 7. The lowest BCUT2D eigenvalue weighted by molar-refractivity contribution is -0.117. The maximum absolute atomic E-state index is 12.8. The standard InChI is InChI=1S/C21H24N6O5S/c1-21(2,11-32-15-5-3-4-14-17(15)18(22)27-33(30,31)26-14)25-20(29)13-8-9-23-16(10-13)24-19(28)12-6-7-12/h3-5,8-10,12,26H,6-7,11H2,1-2H3,(H2,22,27)(H,25,29)(H,23,24,28). The molecule has 0 radical (unpaired) electrons. The predicted octanol–water partition coefficient (Wildman–Crippen LogP) is 1.39. The third kappa shape index (κ3) is 5.40. The van der Waals surface area contributed by atoms with Gasteiger partial charge in [-0.3, -0.25) is 14.3 Å². The van der Waals surface area contributed by atoms with Gasteiger partial charge in [0.1, 0.15) is 18.2 Å². The number of benzene rings is 1. The fourth-order valence-electron chi connectivity index (χ4n) is 3.23. The summed E-state index contributed by atoms with van der Waals surface area (Å²) in [6.45, 7) is 3.61. The van der Waals surface area contributed by atoms with Crippen LogP contribution >= 0.6 is 0 Å². The third-order valence-electron chi connectivity index (χ3n) is 5.00. The van der Waals surface area contributed by atoms with Gasteiger partial charge in [0, 0.05) is 17.7 Å². The summed E-state index contributed by atoms with van der Waals surface area (Å²) in [6, 6.07) is 7.88. The number of nitrogens with one attached hydrogen (secondary N) is 3. The Balaban J connectivity index is 1.42. The first-order valence-electron chi connectivity index (χ1n) is 10.3. The van der Waals surface area contributed by atoms with Gasteiger partial charge in [-0.1, -0.05) is 6.07 Å². The molecule has 0 atom stereocenters. The molecule has 2 aliphatic rings. The average molecular weight is 473 g/mol. The Labute approximate surface area is 191 Å². The van der Waals surface area contributed by atoms with Crippen LogP contribution in [-0.4, -0.2) is 43.2 Å². The molecule has 1 fully saturated rings. The molecule has 4 rings (SSSR count). The molecule has 0 saturated heterocycles. The molecule has 0 spiro atoms. The van der Waals surface area contributed by atoms with Crippen LogP contribution in [0.4, 0.5) is 11.5 Å². The van der Waals surface area contributed by atoms with E-state index in [2.05, 4.69) is 24.7 Å². The van der Waals surface area contributed by atoms with E-state index in [1.165, 1.54) is 12.3 Å². The summed E-state index contributed by atoms with van der Waals surface area (Å²) in [7, 11) is -3.90. The van der Waals surface area contributed by atoms with Crippen molar-refractivity contribution in [2.75, 3.05) is 16.6 Å². The summed E-state index contributed by atoms with van der Waals surface area (Å²) in [5.74, 6) is 0.0355.